The molecule has 0 atom stereocenters. The first kappa shape index (κ1) is 11.1. The molecule has 1 rings (SSSR count). The summed E-state index contributed by atoms with van der Waals surface area (Å²) in [5, 5.41) is 6.06. The second-order valence-electron chi connectivity index (χ2n) is 3.77. The van der Waals surface area contributed by atoms with Crippen LogP contribution >= 0.6 is 0 Å². The van der Waals surface area contributed by atoms with Gasteiger partial charge in [-0.2, -0.15) is 0 Å². The van der Waals surface area contributed by atoms with E-state index in [1.54, 1.807) is 0 Å². The van der Waals surface area contributed by atoms with Gasteiger partial charge in [-0.25, -0.2) is 0 Å². The van der Waals surface area contributed by atoms with Crippen LogP contribution in [0.2, 0.25) is 0 Å². The molecule has 0 aromatic rings. The first-order chi connectivity index (χ1) is 6.75. The standard InChI is InChI=1S/C11H18N2O/c1-3-7-13-10(14)11(4-2)5-8-12-9-6-11/h1,12H,4-9H2,2H3,(H,13,14). The van der Waals surface area contributed by atoms with Gasteiger partial charge in [0.2, 0.25) is 5.91 Å². The number of terminal acetylenes is 1. The third-order valence-electron chi connectivity index (χ3n) is 3.07. The van der Waals surface area contributed by atoms with Crippen LogP contribution in [0, 0.1) is 17.8 Å². The van der Waals surface area contributed by atoms with Crippen LogP contribution in [0.25, 0.3) is 0 Å². The maximum atomic E-state index is 11.9. The molecule has 1 aliphatic rings. The monoisotopic (exact) mass is 194 g/mol. The molecule has 3 heteroatoms. The lowest BCUT2D eigenvalue weighted by molar-refractivity contribution is -0.132. The van der Waals surface area contributed by atoms with Gasteiger partial charge in [-0.3, -0.25) is 4.79 Å². The largest absolute Gasteiger partial charge is 0.345 e. The fourth-order valence-corrected chi connectivity index (χ4v) is 1.97. The summed E-state index contributed by atoms with van der Waals surface area (Å²) in [5.74, 6) is 2.56. The highest BCUT2D eigenvalue weighted by Crippen LogP contribution is 2.32. The summed E-state index contributed by atoms with van der Waals surface area (Å²) in [5.41, 5.74) is -0.178. The Balaban J connectivity index is 2.58. The van der Waals surface area contributed by atoms with Crippen LogP contribution in [0.1, 0.15) is 26.2 Å². The van der Waals surface area contributed by atoms with E-state index in [-0.39, 0.29) is 11.3 Å². The number of amides is 1. The number of rotatable bonds is 3. The average Bonchev–Trinajstić information content (AvgIpc) is 2.26. The lowest BCUT2D eigenvalue weighted by Crippen LogP contribution is -2.47. The van der Waals surface area contributed by atoms with E-state index in [9.17, 15) is 4.79 Å². The van der Waals surface area contributed by atoms with Crippen molar-refractivity contribution in [2.24, 2.45) is 5.41 Å². The molecule has 14 heavy (non-hydrogen) atoms. The van der Waals surface area contributed by atoms with E-state index in [0.29, 0.717) is 6.54 Å². The number of hydrogen-bond acceptors (Lipinski definition) is 2. The smallest absolute Gasteiger partial charge is 0.227 e. The molecule has 1 saturated heterocycles. The summed E-state index contributed by atoms with van der Waals surface area (Å²) < 4.78 is 0. The minimum atomic E-state index is -0.178. The first-order valence-electron chi connectivity index (χ1n) is 5.17. The van der Waals surface area contributed by atoms with Crippen LogP contribution in [0.5, 0.6) is 0 Å². The van der Waals surface area contributed by atoms with Crippen molar-refractivity contribution < 1.29 is 4.79 Å². The van der Waals surface area contributed by atoms with Crippen LogP contribution in [0.15, 0.2) is 0 Å². The second kappa shape index (κ2) is 5.02. The van der Waals surface area contributed by atoms with Gasteiger partial charge in [0.25, 0.3) is 0 Å². The van der Waals surface area contributed by atoms with Gasteiger partial charge in [0.15, 0.2) is 0 Å². The molecule has 1 fully saturated rings. The van der Waals surface area contributed by atoms with Crippen LogP contribution in [0.3, 0.4) is 0 Å². The summed E-state index contributed by atoms with van der Waals surface area (Å²) in [6.07, 6.45) is 7.84. The minimum absolute atomic E-state index is 0.124. The lowest BCUT2D eigenvalue weighted by Gasteiger charge is -2.35. The second-order valence-corrected chi connectivity index (χ2v) is 3.77. The van der Waals surface area contributed by atoms with Crippen molar-refractivity contribution in [1.29, 1.82) is 0 Å². The van der Waals surface area contributed by atoms with Gasteiger partial charge in [-0.1, -0.05) is 12.8 Å². The molecule has 0 radical (unpaired) electrons. The van der Waals surface area contributed by atoms with E-state index < -0.39 is 0 Å². The highest BCUT2D eigenvalue weighted by atomic mass is 16.2. The van der Waals surface area contributed by atoms with Gasteiger partial charge in [-0.05, 0) is 32.4 Å². The Kier molecular flexibility index (Phi) is 3.97. The summed E-state index contributed by atoms with van der Waals surface area (Å²) >= 11 is 0. The maximum Gasteiger partial charge on any atom is 0.227 e. The summed E-state index contributed by atoms with van der Waals surface area (Å²) in [6.45, 7) is 4.27. The Morgan fingerprint density at radius 2 is 2.21 bits per heavy atom. The van der Waals surface area contributed by atoms with Crippen LogP contribution < -0.4 is 10.6 Å². The van der Waals surface area contributed by atoms with Gasteiger partial charge >= 0.3 is 0 Å². The molecule has 1 heterocycles. The molecule has 0 aromatic carbocycles. The van der Waals surface area contributed by atoms with Gasteiger partial charge in [0, 0.05) is 0 Å². The molecule has 1 aliphatic heterocycles. The van der Waals surface area contributed by atoms with E-state index in [1.807, 2.05) is 0 Å². The van der Waals surface area contributed by atoms with Crippen molar-refractivity contribution in [3.05, 3.63) is 0 Å². The Hall–Kier alpha value is -1.01. The molecule has 78 valence electrons. The molecule has 0 saturated carbocycles. The van der Waals surface area contributed by atoms with Gasteiger partial charge < -0.3 is 10.6 Å². The van der Waals surface area contributed by atoms with E-state index in [0.717, 1.165) is 32.4 Å². The van der Waals surface area contributed by atoms with Gasteiger partial charge in [-0.15, -0.1) is 6.42 Å². The minimum Gasteiger partial charge on any atom is -0.345 e. The zero-order chi connectivity index (χ0) is 10.4. The van der Waals surface area contributed by atoms with E-state index in [2.05, 4.69) is 23.5 Å². The summed E-state index contributed by atoms with van der Waals surface area (Å²) in [7, 11) is 0. The Morgan fingerprint density at radius 3 is 2.71 bits per heavy atom. The normalized spacial score (nSPS) is 19.7. The van der Waals surface area contributed by atoms with E-state index >= 15 is 0 Å². The molecule has 0 aliphatic carbocycles. The number of carbonyl (C=O) groups is 1. The first-order valence-corrected chi connectivity index (χ1v) is 5.17. The third kappa shape index (κ3) is 2.27. The van der Waals surface area contributed by atoms with Crippen molar-refractivity contribution >= 4 is 5.91 Å². The van der Waals surface area contributed by atoms with Gasteiger partial charge in [0.05, 0.1) is 12.0 Å². The van der Waals surface area contributed by atoms with Crippen LogP contribution in [0.4, 0.5) is 0 Å². The predicted molar refractivity (Wildman–Crippen MR) is 56.7 cm³/mol. The van der Waals surface area contributed by atoms with Crippen molar-refractivity contribution in [1.82, 2.24) is 10.6 Å². The third-order valence-corrected chi connectivity index (χ3v) is 3.07. The van der Waals surface area contributed by atoms with Crippen molar-refractivity contribution in [2.45, 2.75) is 26.2 Å². The molecule has 3 nitrogen and oxygen atoms in total. The van der Waals surface area contributed by atoms with Gasteiger partial charge in [0.1, 0.15) is 0 Å². The molecular formula is C11H18N2O. The quantitative estimate of drug-likeness (QED) is 0.643. The molecule has 2 N–H and O–H groups in total. The fraction of sp³-hybridized carbons (Fsp3) is 0.727. The Labute approximate surface area is 85.6 Å². The van der Waals surface area contributed by atoms with Crippen molar-refractivity contribution in [2.75, 3.05) is 19.6 Å². The zero-order valence-electron chi connectivity index (χ0n) is 8.73. The van der Waals surface area contributed by atoms with Crippen LogP contribution in [-0.4, -0.2) is 25.5 Å². The molecule has 1 amide bonds. The summed E-state index contributed by atoms with van der Waals surface area (Å²) in [6, 6.07) is 0. The number of carbonyl (C=O) groups excluding carboxylic acids is 1. The molecule has 0 aromatic heterocycles. The van der Waals surface area contributed by atoms with E-state index in [4.69, 9.17) is 6.42 Å². The number of piperidine rings is 1. The molecule has 0 bridgehead atoms. The molecular weight excluding hydrogens is 176 g/mol. The fourth-order valence-electron chi connectivity index (χ4n) is 1.97. The average molecular weight is 194 g/mol. The maximum absolute atomic E-state index is 11.9. The highest BCUT2D eigenvalue weighted by Gasteiger charge is 2.37. The summed E-state index contributed by atoms with van der Waals surface area (Å²) in [4.78, 5) is 11.9. The van der Waals surface area contributed by atoms with Crippen molar-refractivity contribution in [3.63, 3.8) is 0 Å². The lowest BCUT2D eigenvalue weighted by atomic mass is 9.76. The number of nitrogens with one attached hydrogen (secondary N) is 2. The zero-order valence-corrected chi connectivity index (χ0v) is 8.73. The van der Waals surface area contributed by atoms with Crippen molar-refractivity contribution in [3.8, 4) is 12.3 Å². The molecule has 0 unspecified atom stereocenters. The SMILES string of the molecule is C#CCNC(=O)C1(CC)CCNCC1. The Morgan fingerprint density at radius 1 is 1.57 bits per heavy atom. The molecule has 0 spiro atoms. The van der Waals surface area contributed by atoms with Crippen LogP contribution in [-0.2, 0) is 4.79 Å². The Bertz CT molecular complexity index is 236. The highest BCUT2D eigenvalue weighted by molar-refractivity contribution is 5.82. The number of hydrogen-bond donors (Lipinski definition) is 2. The van der Waals surface area contributed by atoms with E-state index in [1.165, 1.54) is 0 Å². The topological polar surface area (TPSA) is 41.1 Å². The predicted octanol–water partition coefficient (Wildman–Crippen LogP) is 0.516.